The van der Waals surface area contributed by atoms with Crippen LogP contribution in [-0.4, -0.2) is 67.1 Å². The molecule has 6 nitrogen and oxygen atoms in total. The fourth-order valence-corrected chi connectivity index (χ4v) is 3.79. The van der Waals surface area contributed by atoms with Gasteiger partial charge in [0, 0.05) is 62.8 Å². The van der Waals surface area contributed by atoms with Gasteiger partial charge in [-0.25, -0.2) is 0 Å². The number of piperazine rings is 1. The molecule has 2 aromatic carbocycles. The van der Waals surface area contributed by atoms with Crippen LogP contribution in [0.4, 0.5) is 0 Å². The number of rotatable bonds is 7. The molecule has 1 aromatic heterocycles. The molecular formula is C23H28N4O2. The average Bonchev–Trinajstić information content (AvgIpc) is 3.19. The lowest BCUT2D eigenvalue weighted by molar-refractivity contribution is 0.0930. The number of amides is 1. The third-order valence-electron chi connectivity index (χ3n) is 5.50. The van der Waals surface area contributed by atoms with Gasteiger partial charge in [0.05, 0.1) is 7.11 Å². The predicted octanol–water partition coefficient (Wildman–Crippen LogP) is 2.72. The van der Waals surface area contributed by atoms with Crippen molar-refractivity contribution >= 4 is 16.8 Å². The second kappa shape index (κ2) is 9.11. The number of H-pyrrole nitrogens is 1. The van der Waals surface area contributed by atoms with Crippen LogP contribution < -0.4 is 10.1 Å². The minimum Gasteiger partial charge on any atom is -0.497 e. The van der Waals surface area contributed by atoms with Gasteiger partial charge in [-0.05, 0) is 23.8 Å². The topological polar surface area (TPSA) is 60.6 Å². The van der Waals surface area contributed by atoms with Gasteiger partial charge < -0.3 is 15.0 Å². The summed E-state index contributed by atoms with van der Waals surface area (Å²) in [4.78, 5) is 20.5. The van der Waals surface area contributed by atoms with Gasteiger partial charge in [0.25, 0.3) is 5.91 Å². The Balaban J connectivity index is 1.21. The molecule has 0 unspecified atom stereocenters. The largest absolute Gasteiger partial charge is 0.497 e. The lowest BCUT2D eigenvalue weighted by Gasteiger charge is -2.34. The number of ether oxygens (including phenoxy) is 1. The van der Waals surface area contributed by atoms with Gasteiger partial charge in [0.15, 0.2) is 0 Å². The van der Waals surface area contributed by atoms with Gasteiger partial charge in [-0.1, -0.05) is 30.3 Å². The van der Waals surface area contributed by atoms with E-state index in [1.807, 2.05) is 24.3 Å². The fraction of sp³-hybridized carbons (Fsp3) is 0.348. The number of hydrogen-bond donors (Lipinski definition) is 2. The van der Waals surface area contributed by atoms with E-state index in [1.165, 1.54) is 5.56 Å². The molecule has 6 heteroatoms. The van der Waals surface area contributed by atoms with Crippen LogP contribution in [0.2, 0.25) is 0 Å². The standard InChI is InChI=1S/C23H28N4O2/c1-29-20-8-7-19-15-22(25-21(19)16-20)23(28)24-9-10-26-11-13-27(14-12-26)17-18-5-3-2-4-6-18/h2-8,15-16,25H,9-14,17H2,1H3,(H,24,28). The second-order valence-electron chi connectivity index (χ2n) is 7.50. The maximum Gasteiger partial charge on any atom is 0.267 e. The molecule has 1 aliphatic rings. The molecule has 1 fully saturated rings. The molecule has 0 atom stereocenters. The number of carbonyl (C=O) groups excluding carboxylic acids is 1. The first-order chi connectivity index (χ1) is 14.2. The highest BCUT2D eigenvalue weighted by atomic mass is 16.5. The number of fused-ring (bicyclic) bond motifs is 1. The van der Waals surface area contributed by atoms with Gasteiger partial charge in [0.1, 0.15) is 11.4 Å². The fourth-order valence-electron chi connectivity index (χ4n) is 3.79. The monoisotopic (exact) mass is 392 g/mol. The van der Waals surface area contributed by atoms with E-state index < -0.39 is 0 Å². The SMILES string of the molecule is COc1ccc2cc(C(=O)NCCN3CCN(Cc4ccccc4)CC3)[nH]c2c1. The van der Waals surface area contributed by atoms with E-state index in [2.05, 4.69) is 50.4 Å². The van der Waals surface area contributed by atoms with Crippen molar-refractivity contribution in [1.29, 1.82) is 0 Å². The van der Waals surface area contributed by atoms with E-state index in [0.717, 1.165) is 55.9 Å². The van der Waals surface area contributed by atoms with E-state index in [4.69, 9.17) is 4.74 Å². The van der Waals surface area contributed by atoms with Gasteiger partial charge >= 0.3 is 0 Å². The van der Waals surface area contributed by atoms with E-state index in [9.17, 15) is 4.79 Å². The van der Waals surface area contributed by atoms with Crippen LogP contribution in [0.25, 0.3) is 10.9 Å². The second-order valence-corrected chi connectivity index (χ2v) is 7.50. The summed E-state index contributed by atoms with van der Waals surface area (Å²) in [6.45, 7) is 6.73. The van der Waals surface area contributed by atoms with E-state index in [1.54, 1.807) is 7.11 Å². The summed E-state index contributed by atoms with van der Waals surface area (Å²) in [5, 5.41) is 4.04. The van der Waals surface area contributed by atoms with Crippen LogP contribution in [-0.2, 0) is 6.54 Å². The van der Waals surface area contributed by atoms with E-state index in [0.29, 0.717) is 12.2 Å². The Labute approximate surface area is 171 Å². The highest BCUT2D eigenvalue weighted by molar-refractivity contribution is 5.98. The van der Waals surface area contributed by atoms with Crippen molar-refractivity contribution in [2.75, 3.05) is 46.4 Å². The molecule has 152 valence electrons. The van der Waals surface area contributed by atoms with Crippen molar-refractivity contribution in [3.63, 3.8) is 0 Å². The molecule has 2 N–H and O–H groups in total. The summed E-state index contributed by atoms with van der Waals surface area (Å²) in [6, 6.07) is 18.3. The third kappa shape index (κ3) is 4.96. The molecule has 0 radical (unpaired) electrons. The van der Waals surface area contributed by atoms with Crippen molar-refractivity contribution in [3.8, 4) is 5.75 Å². The molecule has 1 amide bonds. The maximum absolute atomic E-state index is 12.5. The maximum atomic E-state index is 12.5. The molecule has 4 rings (SSSR count). The van der Waals surface area contributed by atoms with E-state index >= 15 is 0 Å². The van der Waals surface area contributed by atoms with Gasteiger partial charge in [-0.3, -0.25) is 14.6 Å². The van der Waals surface area contributed by atoms with Crippen molar-refractivity contribution in [1.82, 2.24) is 20.1 Å². The number of nitrogens with one attached hydrogen (secondary N) is 2. The highest BCUT2D eigenvalue weighted by Crippen LogP contribution is 2.21. The van der Waals surface area contributed by atoms with Crippen molar-refractivity contribution in [2.24, 2.45) is 0 Å². The normalized spacial score (nSPS) is 15.5. The number of methoxy groups -OCH3 is 1. The van der Waals surface area contributed by atoms with Crippen LogP contribution in [0, 0.1) is 0 Å². The van der Waals surface area contributed by atoms with Crippen molar-refractivity contribution < 1.29 is 9.53 Å². The summed E-state index contributed by atoms with van der Waals surface area (Å²) in [7, 11) is 1.64. The Bertz CT molecular complexity index is 946. The first-order valence-electron chi connectivity index (χ1n) is 10.1. The highest BCUT2D eigenvalue weighted by Gasteiger charge is 2.17. The van der Waals surface area contributed by atoms with Gasteiger partial charge in [-0.15, -0.1) is 0 Å². The summed E-state index contributed by atoms with van der Waals surface area (Å²) >= 11 is 0. The zero-order valence-corrected chi connectivity index (χ0v) is 16.9. The third-order valence-corrected chi connectivity index (χ3v) is 5.50. The molecule has 0 aliphatic carbocycles. The van der Waals surface area contributed by atoms with Crippen LogP contribution in [0.15, 0.2) is 54.6 Å². The van der Waals surface area contributed by atoms with Gasteiger partial charge in [-0.2, -0.15) is 0 Å². The smallest absolute Gasteiger partial charge is 0.267 e. The molecule has 1 aliphatic heterocycles. The number of aromatic amines is 1. The molecular weight excluding hydrogens is 364 g/mol. The molecule has 3 aromatic rings. The Morgan fingerprint density at radius 2 is 1.79 bits per heavy atom. The molecule has 0 spiro atoms. The molecule has 1 saturated heterocycles. The summed E-state index contributed by atoms with van der Waals surface area (Å²) < 4.78 is 5.24. The van der Waals surface area contributed by atoms with E-state index in [-0.39, 0.29) is 5.91 Å². The first-order valence-corrected chi connectivity index (χ1v) is 10.1. The lowest BCUT2D eigenvalue weighted by atomic mass is 10.2. The van der Waals surface area contributed by atoms with Crippen molar-refractivity contribution in [3.05, 3.63) is 65.9 Å². The zero-order chi connectivity index (χ0) is 20.1. The Hall–Kier alpha value is -2.83. The lowest BCUT2D eigenvalue weighted by Crippen LogP contribution is -2.48. The minimum atomic E-state index is -0.0668. The summed E-state index contributed by atoms with van der Waals surface area (Å²) in [6.07, 6.45) is 0. The van der Waals surface area contributed by atoms with Crippen LogP contribution in [0.1, 0.15) is 16.1 Å². The Kier molecular flexibility index (Phi) is 6.12. The number of benzene rings is 2. The first kappa shape index (κ1) is 19.5. The Morgan fingerprint density at radius 1 is 1.03 bits per heavy atom. The average molecular weight is 393 g/mol. The summed E-state index contributed by atoms with van der Waals surface area (Å²) in [5.41, 5.74) is 2.86. The molecule has 2 heterocycles. The molecule has 29 heavy (non-hydrogen) atoms. The zero-order valence-electron chi connectivity index (χ0n) is 16.9. The van der Waals surface area contributed by atoms with Crippen LogP contribution in [0.5, 0.6) is 5.75 Å². The van der Waals surface area contributed by atoms with Gasteiger partial charge in [0.2, 0.25) is 0 Å². The quantitative estimate of drug-likeness (QED) is 0.649. The minimum absolute atomic E-state index is 0.0668. The molecule has 0 saturated carbocycles. The number of hydrogen-bond acceptors (Lipinski definition) is 4. The van der Waals surface area contributed by atoms with Crippen LogP contribution in [0.3, 0.4) is 0 Å². The summed E-state index contributed by atoms with van der Waals surface area (Å²) in [5.74, 6) is 0.709. The Morgan fingerprint density at radius 3 is 2.55 bits per heavy atom. The predicted molar refractivity (Wildman–Crippen MR) is 115 cm³/mol. The number of nitrogens with zero attached hydrogens (tertiary/aromatic N) is 2. The van der Waals surface area contributed by atoms with Crippen molar-refractivity contribution in [2.45, 2.75) is 6.54 Å². The molecule has 0 bridgehead atoms. The van der Waals surface area contributed by atoms with Crippen LogP contribution >= 0.6 is 0 Å². The number of carbonyl (C=O) groups is 1. The number of aromatic nitrogens is 1.